The van der Waals surface area contributed by atoms with E-state index in [1.807, 2.05) is 0 Å². The summed E-state index contributed by atoms with van der Waals surface area (Å²) in [5, 5.41) is 0. The van der Waals surface area contributed by atoms with Gasteiger partial charge in [-0.05, 0) is 49.9 Å². The molecule has 4 N–H and O–H groups in total. The van der Waals surface area contributed by atoms with E-state index >= 15 is 0 Å². The third-order valence-electron chi connectivity index (χ3n) is 4.31. The SMILES string of the molecule is Cc1ccc(C(N)C2(CN)CCC2)cc1C. The van der Waals surface area contributed by atoms with E-state index in [4.69, 9.17) is 11.5 Å². The lowest BCUT2D eigenvalue weighted by Crippen LogP contribution is -2.46. The molecule has 1 aliphatic rings. The summed E-state index contributed by atoms with van der Waals surface area (Å²) in [6, 6.07) is 6.64. The second-order valence-corrected chi connectivity index (χ2v) is 5.24. The molecule has 2 nitrogen and oxygen atoms in total. The van der Waals surface area contributed by atoms with Crippen molar-refractivity contribution in [1.82, 2.24) is 0 Å². The maximum Gasteiger partial charge on any atom is 0.0364 e. The topological polar surface area (TPSA) is 52.0 Å². The lowest BCUT2D eigenvalue weighted by Gasteiger charge is -2.46. The number of benzene rings is 1. The van der Waals surface area contributed by atoms with Crippen LogP contribution in [0.3, 0.4) is 0 Å². The predicted octanol–water partition coefficient (Wildman–Crippen LogP) is 2.43. The highest BCUT2D eigenvalue weighted by atomic mass is 14.8. The molecule has 0 saturated heterocycles. The van der Waals surface area contributed by atoms with Crippen LogP contribution in [0.1, 0.15) is 42.0 Å². The molecule has 0 spiro atoms. The normalized spacial score (nSPS) is 20.2. The van der Waals surface area contributed by atoms with Gasteiger partial charge in [-0.3, -0.25) is 0 Å². The van der Waals surface area contributed by atoms with Gasteiger partial charge in [0.25, 0.3) is 0 Å². The molecule has 1 fully saturated rings. The van der Waals surface area contributed by atoms with Gasteiger partial charge in [-0.2, -0.15) is 0 Å². The smallest absolute Gasteiger partial charge is 0.0364 e. The van der Waals surface area contributed by atoms with Gasteiger partial charge in [0, 0.05) is 11.5 Å². The highest BCUT2D eigenvalue weighted by Gasteiger charge is 2.41. The summed E-state index contributed by atoms with van der Waals surface area (Å²) in [4.78, 5) is 0. The monoisotopic (exact) mass is 218 g/mol. The fourth-order valence-electron chi connectivity index (χ4n) is 2.58. The molecule has 1 unspecified atom stereocenters. The van der Waals surface area contributed by atoms with Gasteiger partial charge in [-0.25, -0.2) is 0 Å². The Balaban J connectivity index is 2.26. The van der Waals surface area contributed by atoms with Crippen LogP contribution in [0.4, 0.5) is 0 Å². The molecule has 0 bridgehead atoms. The van der Waals surface area contributed by atoms with Crippen LogP contribution in [-0.4, -0.2) is 6.54 Å². The Hall–Kier alpha value is -0.860. The number of nitrogens with two attached hydrogens (primary N) is 2. The molecule has 88 valence electrons. The Morgan fingerprint density at radius 3 is 2.38 bits per heavy atom. The summed E-state index contributed by atoms with van der Waals surface area (Å²) >= 11 is 0. The largest absolute Gasteiger partial charge is 0.330 e. The third-order valence-corrected chi connectivity index (χ3v) is 4.31. The van der Waals surface area contributed by atoms with E-state index in [1.54, 1.807) is 0 Å². The molecular formula is C14H22N2. The molecule has 1 saturated carbocycles. The second kappa shape index (κ2) is 4.19. The first-order valence-electron chi connectivity index (χ1n) is 6.12. The molecule has 1 aromatic rings. The minimum absolute atomic E-state index is 0.102. The zero-order valence-corrected chi connectivity index (χ0v) is 10.3. The van der Waals surface area contributed by atoms with Gasteiger partial charge < -0.3 is 11.5 Å². The molecule has 16 heavy (non-hydrogen) atoms. The molecule has 1 aliphatic carbocycles. The maximum absolute atomic E-state index is 6.38. The predicted molar refractivity (Wildman–Crippen MR) is 68.2 cm³/mol. The average Bonchev–Trinajstić information content (AvgIpc) is 2.21. The zero-order chi connectivity index (χ0) is 11.8. The second-order valence-electron chi connectivity index (χ2n) is 5.24. The van der Waals surface area contributed by atoms with Crippen molar-refractivity contribution in [2.45, 2.75) is 39.2 Å². The fourth-order valence-corrected chi connectivity index (χ4v) is 2.58. The van der Waals surface area contributed by atoms with E-state index in [1.165, 1.54) is 36.0 Å². The molecule has 0 aliphatic heterocycles. The van der Waals surface area contributed by atoms with Crippen molar-refractivity contribution in [1.29, 1.82) is 0 Å². The molecule has 2 heteroatoms. The van der Waals surface area contributed by atoms with Crippen molar-refractivity contribution >= 4 is 0 Å². The maximum atomic E-state index is 6.38. The van der Waals surface area contributed by atoms with E-state index in [-0.39, 0.29) is 11.5 Å². The van der Waals surface area contributed by atoms with Crippen LogP contribution in [0.25, 0.3) is 0 Å². The fraction of sp³-hybridized carbons (Fsp3) is 0.571. The minimum Gasteiger partial charge on any atom is -0.330 e. The average molecular weight is 218 g/mol. The van der Waals surface area contributed by atoms with E-state index in [9.17, 15) is 0 Å². The summed E-state index contributed by atoms with van der Waals surface area (Å²) in [5.74, 6) is 0. The van der Waals surface area contributed by atoms with Gasteiger partial charge >= 0.3 is 0 Å². The van der Waals surface area contributed by atoms with Crippen LogP contribution in [-0.2, 0) is 0 Å². The van der Waals surface area contributed by atoms with Crippen molar-refractivity contribution in [2.75, 3.05) is 6.54 Å². The molecule has 0 amide bonds. The number of hydrogen-bond donors (Lipinski definition) is 2. The van der Waals surface area contributed by atoms with Crippen LogP contribution < -0.4 is 11.5 Å². The molecule has 1 aromatic carbocycles. The van der Waals surface area contributed by atoms with Gasteiger partial charge in [0.2, 0.25) is 0 Å². The van der Waals surface area contributed by atoms with Crippen LogP contribution in [0.5, 0.6) is 0 Å². The van der Waals surface area contributed by atoms with E-state index in [0.717, 1.165) is 0 Å². The van der Waals surface area contributed by atoms with Gasteiger partial charge in [-0.15, -0.1) is 0 Å². The third kappa shape index (κ3) is 1.76. The summed E-state index contributed by atoms with van der Waals surface area (Å²) < 4.78 is 0. The first-order valence-corrected chi connectivity index (χ1v) is 6.12. The van der Waals surface area contributed by atoms with Gasteiger partial charge in [0.1, 0.15) is 0 Å². The summed E-state index contributed by atoms with van der Waals surface area (Å²) in [5.41, 5.74) is 16.3. The molecular weight excluding hydrogens is 196 g/mol. The Kier molecular flexibility index (Phi) is 3.04. The van der Waals surface area contributed by atoms with Crippen LogP contribution in [0.2, 0.25) is 0 Å². The Labute approximate surface area is 98.0 Å². The quantitative estimate of drug-likeness (QED) is 0.818. The highest BCUT2D eigenvalue weighted by Crippen LogP contribution is 2.48. The van der Waals surface area contributed by atoms with E-state index < -0.39 is 0 Å². The van der Waals surface area contributed by atoms with E-state index in [2.05, 4.69) is 32.0 Å². The summed E-state index contributed by atoms with van der Waals surface area (Å²) in [7, 11) is 0. The van der Waals surface area contributed by atoms with Crippen molar-refractivity contribution < 1.29 is 0 Å². The van der Waals surface area contributed by atoms with Crippen LogP contribution in [0.15, 0.2) is 18.2 Å². The minimum atomic E-state index is 0.102. The first-order chi connectivity index (χ1) is 7.59. The Bertz CT molecular complexity index is 375. The van der Waals surface area contributed by atoms with Gasteiger partial charge in [0.05, 0.1) is 0 Å². The van der Waals surface area contributed by atoms with Crippen molar-refractivity contribution in [2.24, 2.45) is 16.9 Å². The molecule has 0 radical (unpaired) electrons. The molecule has 0 aromatic heterocycles. The summed E-state index contributed by atoms with van der Waals surface area (Å²) in [6.45, 7) is 4.98. The number of aryl methyl sites for hydroxylation is 2. The first kappa shape index (κ1) is 11.6. The lowest BCUT2D eigenvalue weighted by atomic mass is 9.62. The molecule has 2 rings (SSSR count). The Morgan fingerprint density at radius 1 is 1.25 bits per heavy atom. The number of hydrogen-bond acceptors (Lipinski definition) is 2. The van der Waals surface area contributed by atoms with Gasteiger partial charge in [-0.1, -0.05) is 24.6 Å². The van der Waals surface area contributed by atoms with Crippen molar-refractivity contribution in [3.05, 3.63) is 34.9 Å². The van der Waals surface area contributed by atoms with E-state index in [0.29, 0.717) is 6.54 Å². The highest BCUT2D eigenvalue weighted by molar-refractivity contribution is 5.33. The van der Waals surface area contributed by atoms with Crippen LogP contribution >= 0.6 is 0 Å². The van der Waals surface area contributed by atoms with Gasteiger partial charge in [0.15, 0.2) is 0 Å². The standard InChI is InChI=1S/C14H22N2/c1-10-4-5-12(8-11(10)2)13(16)14(9-15)6-3-7-14/h4-5,8,13H,3,6-7,9,15-16H2,1-2H3. The molecule has 0 heterocycles. The molecule has 1 atom stereocenters. The van der Waals surface area contributed by atoms with Crippen molar-refractivity contribution in [3.63, 3.8) is 0 Å². The number of rotatable bonds is 3. The lowest BCUT2D eigenvalue weighted by molar-refractivity contribution is 0.105. The zero-order valence-electron chi connectivity index (χ0n) is 10.3. The Morgan fingerprint density at radius 2 is 1.94 bits per heavy atom. The summed E-state index contributed by atoms with van der Waals surface area (Å²) in [6.07, 6.45) is 3.63. The van der Waals surface area contributed by atoms with Crippen molar-refractivity contribution in [3.8, 4) is 0 Å². The van der Waals surface area contributed by atoms with Crippen LogP contribution in [0, 0.1) is 19.3 Å².